The van der Waals surface area contributed by atoms with Crippen LogP contribution in [0.1, 0.15) is 72.9 Å². The first-order valence-electron chi connectivity index (χ1n) is 19.4. The molecular formula is C46H57B2N2O4+. The molecule has 4 aromatic carbocycles. The first kappa shape index (κ1) is 39.5. The number of rotatable bonds is 12. The number of benzene rings is 4. The van der Waals surface area contributed by atoms with E-state index < -0.39 is 14.2 Å². The van der Waals surface area contributed by atoms with E-state index in [0.29, 0.717) is 13.1 Å². The summed E-state index contributed by atoms with van der Waals surface area (Å²) in [5.74, 6) is 0. The minimum Gasteiger partial charge on any atom is -0.427 e. The fourth-order valence-electron chi connectivity index (χ4n) is 9.47. The summed E-state index contributed by atoms with van der Waals surface area (Å²) >= 11 is 0. The van der Waals surface area contributed by atoms with Gasteiger partial charge in [-0.3, -0.25) is 0 Å². The van der Waals surface area contributed by atoms with E-state index in [2.05, 4.69) is 168 Å². The van der Waals surface area contributed by atoms with Crippen molar-refractivity contribution in [3.8, 4) is 0 Å². The van der Waals surface area contributed by atoms with Crippen LogP contribution in [0.2, 0.25) is 12.6 Å². The van der Waals surface area contributed by atoms with Crippen molar-refractivity contribution in [2.75, 3.05) is 18.0 Å². The van der Waals surface area contributed by atoms with Gasteiger partial charge in [0.25, 0.3) is 0 Å². The number of allylic oxidation sites excluding steroid dienone is 8. The molecule has 0 aromatic heterocycles. The van der Waals surface area contributed by atoms with Gasteiger partial charge in [-0.15, -0.1) is 0 Å². The van der Waals surface area contributed by atoms with Gasteiger partial charge in [-0.05, 0) is 89.7 Å². The van der Waals surface area contributed by atoms with Crippen molar-refractivity contribution >= 4 is 52.9 Å². The molecule has 0 spiro atoms. The van der Waals surface area contributed by atoms with Crippen LogP contribution in [0.3, 0.4) is 0 Å². The molecule has 0 fully saturated rings. The average molecular weight is 724 g/mol. The minimum atomic E-state index is -1.39. The SMILES string of the molecule is CC(C)(C)CC(C)(C)C1(C)\C(=C/C=C/C=C/C=C/C2=[N+](CCB(O)O)c3ccc4ccccc4c3C2(C)C)N(CCB(O)O)c2ccc3ccccc3c21. The van der Waals surface area contributed by atoms with Gasteiger partial charge in [0.15, 0.2) is 5.71 Å². The summed E-state index contributed by atoms with van der Waals surface area (Å²) in [5, 5.41) is 44.4. The van der Waals surface area contributed by atoms with Gasteiger partial charge < -0.3 is 25.0 Å². The number of anilines is 1. The molecule has 8 heteroatoms. The topological polar surface area (TPSA) is 87.2 Å². The van der Waals surface area contributed by atoms with Gasteiger partial charge in [0.1, 0.15) is 6.54 Å². The van der Waals surface area contributed by atoms with Gasteiger partial charge in [-0.1, -0.05) is 120 Å². The molecule has 0 amide bonds. The number of fused-ring (bicyclic) bond motifs is 6. The van der Waals surface area contributed by atoms with Crippen molar-refractivity contribution in [1.29, 1.82) is 0 Å². The second kappa shape index (κ2) is 15.1. The summed E-state index contributed by atoms with van der Waals surface area (Å²) in [6.45, 7) is 19.5. The molecule has 4 N–H and O–H groups in total. The summed E-state index contributed by atoms with van der Waals surface area (Å²) in [6.07, 6.45) is 16.1. The molecule has 1 unspecified atom stereocenters. The fourth-order valence-corrected chi connectivity index (χ4v) is 9.47. The third-order valence-corrected chi connectivity index (χ3v) is 11.8. The zero-order valence-electron chi connectivity index (χ0n) is 33.3. The van der Waals surface area contributed by atoms with Crippen molar-refractivity contribution < 1.29 is 24.7 Å². The molecule has 0 aliphatic carbocycles. The molecule has 2 aliphatic heterocycles. The van der Waals surface area contributed by atoms with E-state index in [0.717, 1.165) is 29.2 Å². The summed E-state index contributed by atoms with van der Waals surface area (Å²) < 4.78 is 2.23. The van der Waals surface area contributed by atoms with Crippen LogP contribution in [0.4, 0.5) is 11.4 Å². The quantitative estimate of drug-likeness (QED) is 0.0666. The summed E-state index contributed by atoms with van der Waals surface area (Å²) in [5.41, 5.74) is 6.32. The van der Waals surface area contributed by atoms with Crippen molar-refractivity contribution in [3.05, 3.63) is 132 Å². The third-order valence-electron chi connectivity index (χ3n) is 11.8. The zero-order chi connectivity index (χ0) is 39.1. The van der Waals surface area contributed by atoms with E-state index >= 15 is 0 Å². The first-order valence-corrected chi connectivity index (χ1v) is 19.4. The van der Waals surface area contributed by atoms with Gasteiger partial charge in [0, 0.05) is 47.4 Å². The molecule has 0 radical (unpaired) electrons. The first-order chi connectivity index (χ1) is 25.5. The van der Waals surface area contributed by atoms with Gasteiger partial charge >= 0.3 is 14.2 Å². The van der Waals surface area contributed by atoms with Crippen LogP contribution in [0, 0.1) is 10.8 Å². The lowest BCUT2D eigenvalue weighted by Crippen LogP contribution is -2.44. The molecule has 54 heavy (non-hydrogen) atoms. The highest BCUT2D eigenvalue weighted by atomic mass is 16.4. The molecule has 6 rings (SSSR count). The fraction of sp³-hybridized carbons (Fsp3) is 0.370. The van der Waals surface area contributed by atoms with Crippen LogP contribution in [-0.4, -0.2) is 57.7 Å². The summed E-state index contributed by atoms with van der Waals surface area (Å²) in [4.78, 5) is 2.30. The smallest absolute Gasteiger partial charge is 0.427 e. The lowest BCUT2D eigenvalue weighted by Gasteiger charge is -2.47. The highest BCUT2D eigenvalue weighted by Gasteiger charge is 2.54. The number of hydrogen-bond acceptors (Lipinski definition) is 5. The number of nitrogens with zero attached hydrogens (tertiary/aromatic N) is 2. The Morgan fingerprint density at radius 1 is 0.685 bits per heavy atom. The van der Waals surface area contributed by atoms with Crippen molar-refractivity contribution in [3.63, 3.8) is 0 Å². The van der Waals surface area contributed by atoms with Gasteiger partial charge in [0.05, 0.1) is 5.41 Å². The molecule has 6 nitrogen and oxygen atoms in total. The monoisotopic (exact) mass is 723 g/mol. The Morgan fingerprint density at radius 3 is 1.89 bits per heavy atom. The Kier molecular flexibility index (Phi) is 11.1. The highest BCUT2D eigenvalue weighted by Crippen LogP contribution is 2.61. The Balaban J connectivity index is 1.36. The Morgan fingerprint density at radius 2 is 1.26 bits per heavy atom. The molecule has 4 aromatic rings. The van der Waals surface area contributed by atoms with E-state index in [4.69, 9.17) is 0 Å². The van der Waals surface area contributed by atoms with Crippen LogP contribution >= 0.6 is 0 Å². The average Bonchev–Trinajstić information content (AvgIpc) is 3.48. The van der Waals surface area contributed by atoms with Crippen molar-refractivity contribution in [1.82, 2.24) is 0 Å². The normalized spacial score (nSPS) is 19.4. The summed E-state index contributed by atoms with van der Waals surface area (Å²) in [6, 6.07) is 25.7. The molecule has 2 aliphatic rings. The van der Waals surface area contributed by atoms with Crippen LogP contribution in [0.25, 0.3) is 21.5 Å². The van der Waals surface area contributed by atoms with Crippen LogP contribution in [0.5, 0.6) is 0 Å². The Bertz CT molecular complexity index is 2190. The second-order valence-electron chi connectivity index (χ2n) is 17.6. The molecule has 0 bridgehead atoms. The molecule has 0 saturated heterocycles. The second-order valence-corrected chi connectivity index (χ2v) is 17.6. The van der Waals surface area contributed by atoms with E-state index in [-0.39, 0.29) is 34.3 Å². The highest BCUT2D eigenvalue weighted by molar-refractivity contribution is 6.41. The Labute approximate surface area is 322 Å². The van der Waals surface area contributed by atoms with Gasteiger partial charge in [-0.25, -0.2) is 0 Å². The zero-order valence-corrected chi connectivity index (χ0v) is 33.3. The van der Waals surface area contributed by atoms with E-state index in [1.807, 2.05) is 12.2 Å². The summed E-state index contributed by atoms with van der Waals surface area (Å²) in [7, 11) is -2.77. The molecule has 2 heterocycles. The standard InChI is InChI=1S/C46H57B2N2O4/c1-43(2,3)32-44(4,5)46(8)40(50(31-29-48(53)54)38-27-25-34-19-15-17-21-36(34)42(38)46)23-13-11-9-10-12-22-39-45(6,7)41-35-20-16-14-18-33(35)24-26-37(41)49(39)30-28-47(51)52/h9-27,51-54H,28-32H2,1-8H3/q+1. The van der Waals surface area contributed by atoms with Gasteiger partial charge in [-0.2, -0.15) is 4.58 Å². The molecule has 1 atom stereocenters. The molecule has 0 saturated carbocycles. The van der Waals surface area contributed by atoms with Crippen molar-refractivity contribution in [2.45, 2.75) is 85.3 Å². The van der Waals surface area contributed by atoms with Crippen LogP contribution in [0.15, 0.2) is 121 Å². The maximum atomic E-state index is 9.99. The lowest BCUT2D eigenvalue weighted by atomic mass is 9.57. The number of hydrogen-bond donors (Lipinski definition) is 4. The maximum absolute atomic E-state index is 9.99. The van der Waals surface area contributed by atoms with Crippen molar-refractivity contribution in [2.24, 2.45) is 10.8 Å². The van der Waals surface area contributed by atoms with Crippen LogP contribution < -0.4 is 4.90 Å². The van der Waals surface area contributed by atoms with E-state index in [9.17, 15) is 20.1 Å². The largest absolute Gasteiger partial charge is 0.457 e. The lowest BCUT2D eigenvalue weighted by molar-refractivity contribution is -0.433. The Hall–Kier alpha value is -4.20. The predicted octanol–water partition coefficient (Wildman–Crippen LogP) is 9.11. The van der Waals surface area contributed by atoms with Gasteiger partial charge in [0.2, 0.25) is 5.69 Å². The minimum absolute atomic E-state index is 0.0931. The van der Waals surface area contributed by atoms with Crippen LogP contribution in [-0.2, 0) is 10.8 Å². The maximum Gasteiger partial charge on any atom is 0.457 e. The third kappa shape index (κ3) is 7.42. The predicted molar refractivity (Wildman–Crippen MR) is 229 cm³/mol. The van der Waals surface area contributed by atoms with E-state index in [1.165, 1.54) is 32.7 Å². The van der Waals surface area contributed by atoms with E-state index in [1.54, 1.807) is 0 Å². The molecular weight excluding hydrogens is 666 g/mol. The molecule has 280 valence electrons.